The zero-order valence-corrected chi connectivity index (χ0v) is 15.4. The van der Waals surface area contributed by atoms with Crippen LogP contribution >= 0.6 is 0 Å². The van der Waals surface area contributed by atoms with E-state index in [4.69, 9.17) is 4.42 Å². The van der Waals surface area contributed by atoms with Crippen molar-refractivity contribution in [1.29, 1.82) is 0 Å². The first-order chi connectivity index (χ1) is 12.6. The van der Waals surface area contributed by atoms with E-state index in [-0.39, 0.29) is 11.4 Å². The molecule has 26 heavy (non-hydrogen) atoms. The molecule has 0 saturated carbocycles. The second-order valence-electron chi connectivity index (χ2n) is 6.86. The van der Waals surface area contributed by atoms with Gasteiger partial charge in [-0.05, 0) is 37.0 Å². The fourth-order valence-corrected chi connectivity index (χ4v) is 3.24. The van der Waals surface area contributed by atoms with Gasteiger partial charge in [0.15, 0.2) is 0 Å². The molecule has 1 heterocycles. The summed E-state index contributed by atoms with van der Waals surface area (Å²) in [5, 5.41) is 13.2. The number of hydrogen-bond acceptors (Lipinski definition) is 3. The predicted octanol–water partition coefficient (Wildman–Crippen LogP) is 3.15. The van der Waals surface area contributed by atoms with Crippen molar-refractivity contribution in [2.24, 2.45) is 0 Å². The van der Waals surface area contributed by atoms with E-state index in [2.05, 4.69) is 36.5 Å². The fraction of sp³-hybridized carbons (Fsp3) is 0.318. The Morgan fingerprint density at radius 1 is 1.12 bits per heavy atom. The number of benzene rings is 2. The fourth-order valence-electron chi connectivity index (χ4n) is 3.24. The summed E-state index contributed by atoms with van der Waals surface area (Å²) < 4.78 is 5.27. The highest BCUT2D eigenvalue weighted by Gasteiger charge is 2.13. The molecule has 0 amide bonds. The van der Waals surface area contributed by atoms with E-state index >= 15 is 0 Å². The van der Waals surface area contributed by atoms with E-state index in [1.54, 1.807) is 12.1 Å². The van der Waals surface area contributed by atoms with Gasteiger partial charge in [0.2, 0.25) is 0 Å². The molecule has 4 heteroatoms. The van der Waals surface area contributed by atoms with Crippen LogP contribution in [0, 0.1) is 0 Å². The Labute approximate surface area is 153 Å². The molecular formula is C22H26NO3+. The van der Waals surface area contributed by atoms with Crippen molar-refractivity contribution in [1.82, 2.24) is 0 Å². The molecule has 136 valence electrons. The van der Waals surface area contributed by atoms with Gasteiger partial charge < -0.3 is 14.8 Å². The summed E-state index contributed by atoms with van der Waals surface area (Å²) >= 11 is 0. The van der Waals surface area contributed by atoms with Crippen molar-refractivity contribution >= 4 is 11.0 Å². The van der Waals surface area contributed by atoms with Crippen LogP contribution in [-0.2, 0) is 19.4 Å². The van der Waals surface area contributed by atoms with Gasteiger partial charge in [0, 0.05) is 29.5 Å². The van der Waals surface area contributed by atoms with E-state index in [1.165, 1.54) is 5.56 Å². The minimum atomic E-state index is -0.374. The molecule has 0 unspecified atom stereocenters. The topological polar surface area (TPSA) is 67.0 Å². The van der Waals surface area contributed by atoms with E-state index in [1.807, 2.05) is 19.1 Å². The first-order valence-electron chi connectivity index (χ1n) is 9.22. The number of phenolic OH excluding ortho intramolecular Hbond substituents is 1. The van der Waals surface area contributed by atoms with E-state index in [9.17, 15) is 9.90 Å². The first-order valence-corrected chi connectivity index (χ1v) is 9.22. The third-order valence-corrected chi connectivity index (χ3v) is 4.88. The minimum absolute atomic E-state index is 0.181. The van der Waals surface area contributed by atoms with Gasteiger partial charge in [-0.2, -0.15) is 0 Å². The molecule has 0 spiro atoms. The van der Waals surface area contributed by atoms with Crippen molar-refractivity contribution < 1.29 is 14.8 Å². The van der Waals surface area contributed by atoms with Crippen LogP contribution in [0.3, 0.4) is 0 Å². The standard InChI is InChI=1S/C22H25NO3/c1-3-17-11-19-18(12-22(25)26-21(19)13-20(17)24)14-23-15(2)9-10-16-7-5-4-6-8-16/h4-8,11-13,15,23-24H,3,9-10,14H2,1-2H3/p+1/t15-/m1/s1. The van der Waals surface area contributed by atoms with Crippen LogP contribution in [0.4, 0.5) is 0 Å². The van der Waals surface area contributed by atoms with Crippen LogP contribution in [0.5, 0.6) is 5.75 Å². The lowest BCUT2D eigenvalue weighted by atomic mass is 10.0. The maximum absolute atomic E-state index is 11.9. The Morgan fingerprint density at radius 3 is 2.62 bits per heavy atom. The molecule has 0 saturated heterocycles. The van der Waals surface area contributed by atoms with Gasteiger partial charge in [0.05, 0.1) is 6.04 Å². The normalized spacial score (nSPS) is 12.4. The van der Waals surface area contributed by atoms with Crippen molar-refractivity contribution in [2.75, 3.05) is 0 Å². The lowest BCUT2D eigenvalue weighted by Crippen LogP contribution is -2.87. The molecule has 1 atom stereocenters. The number of nitrogens with two attached hydrogens (primary N) is 1. The predicted molar refractivity (Wildman–Crippen MR) is 103 cm³/mol. The summed E-state index contributed by atoms with van der Waals surface area (Å²) in [6, 6.07) is 16.0. The number of quaternary nitrogens is 1. The van der Waals surface area contributed by atoms with Crippen molar-refractivity contribution in [3.63, 3.8) is 0 Å². The molecule has 0 fully saturated rings. The number of hydrogen-bond donors (Lipinski definition) is 2. The van der Waals surface area contributed by atoms with Gasteiger partial charge in [-0.25, -0.2) is 4.79 Å². The number of aryl methyl sites for hydroxylation is 2. The lowest BCUT2D eigenvalue weighted by Gasteiger charge is -2.12. The second kappa shape index (κ2) is 8.19. The van der Waals surface area contributed by atoms with E-state index in [0.717, 1.165) is 35.8 Å². The Bertz CT molecular complexity index is 931. The number of aromatic hydroxyl groups is 1. The average molecular weight is 352 g/mol. The molecule has 1 aromatic heterocycles. The minimum Gasteiger partial charge on any atom is -0.508 e. The molecule has 3 aromatic rings. The lowest BCUT2D eigenvalue weighted by molar-refractivity contribution is -0.701. The molecular weight excluding hydrogens is 326 g/mol. The Kier molecular flexibility index (Phi) is 5.74. The average Bonchev–Trinajstić information content (AvgIpc) is 2.64. The Balaban J connectivity index is 1.72. The second-order valence-corrected chi connectivity index (χ2v) is 6.86. The molecule has 0 aliphatic rings. The number of rotatable bonds is 7. The Morgan fingerprint density at radius 2 is 1.88 bits per heavy atom. The van der Waals surface area contributed by atoms with Crippen LogP contribution in [0.1, 0.15) is 37.0 Å². The highest BCUT2D eigenvalue weighted by atomic mass is 16.4. The SMILES string of the molecule is CCc1cc2c(C[NH2+][C@H](C)CCc3ccccc3)cc(=O)oc2cc1O. The van der Waals surface area contributed by atoms with Crippen LogP contribution < -0.4 is 10.9 Å². The molecule has 2 aromatic carbocycles. The van der Waals surface area contributed by atoms with Crippen molar-refractivity contribution in [3.05, 3.63) is 75.6 Å². The molecule has 0 radical (unpaired) electrons. The van der Waals surface area contributed by atoms with Crippen LogP contribution in [-0.4, -0.2) is 11.1 Å². The van der Waals surface area contributed by atoms with E-state index < -0.39 is 0 Å². The summed E-state index contributed by atoms with van der Waals surface area (Å²) in [5.41, 5.74) is 3.25. The van der Waals surface area contributed by atoms with Crippen molar-refractivity contribution in [2.45, 2.75) is 45.7 Å². The number of fused-ring (bicyclic) bond motifs is 1. The van der Waals surface area contributed by atoms with Crippen LogP contribution in [0.2, 0.25) is 0 Å². The highest BCUT2D eigenvalue weighted by Crippen LogP contribution is 2.26. The first kappa shape index (κ1) is 18.2. The smallest absolute Gasteiger partial charge is 0.336 e. The quantitative estimate of drug-likeness (QED) is 0.642. The summed E-state index contributed by atoms with van der Waals surface area (Å²) in [6.07, 6.45) is 2.85. The third kappa shape index (κ3) is 4.33. The molecule has 3 N–H and O–H groups in total. The van der Waals surface area contributed by atoms with Crippen molar-refractivity contribution in [3.8, 4) is 5.75 Å². The maximum Gasteiger partial charge on any atom is 0.336 e. The largest absolute Gasteiger partial charge is 0.508 e. The summed E-state index contributed by atoms with van der Waals surface area (Å²) in [4.78, 5) is 11.9. The summed E-state index contributed by atoms with van der Waals surface area (Å²) in [5.74, 6) is 0.181. The van der Waals surface area contributed by atoms with E-state index in [0.29, 0.717) is 18.2 Å². The van der Waals surface area contributed by atoms with Gasteiger partial charge in [-0.3, -0.25) is 0 Å². The molecule has 4 nitrogen and oxygen atoms in total. The Hall–Kier alpha value is -2.59. The number of phenols is 1. The monoisotopic (exact) mass is 352 g/mol. The van der Waals surface area contributed by atoms with Crippen LogP contribution in [0.15, 0.2) is 57.7 Å². The van der Waals surface area contributed by atoms with Gasteiger partial charge in [-0.15, -0.1) is 0 Å². The highest BCUT2D eigenvalue weighted by molar-refractivity contribution is 5.82. The van der Waals surface area contributed by atoms with Crippen LogP contribution in [0.25, 0.3) is 11.0 Å². The summed E-state index contributed by atoms with van der Waals surface area (Å²) in [6.45, 7) is 4.92. The zero-order chi connectivity index (χ0) is 18.5. The summed E-state index contributed by atoms with van der Waals surface area (Å²) in [7, 11) is 0. The van der Waals surface area contributed by atoms with Gasteiger partial charge in [0.25, 0.3) is 0 Å². The third-order valence-electron chi connectivity index (χ3n) is 4.88. The zero-order valence-electron chi connectivity index (χ0n) is 15.4. The molecule has 0 bridgehead atoms. The van der Waals surface area contributed by atoms with Gasteiger partial charge in [0.1, 0.15) is 17.9 Å². The maximum atomic E-state index is 11.9. The molecule has 0 aliphatic heterocycles. The van der Waals surface area contributed by atoms with Gasteiger partial charge >= 0.3 is 5.63 Å². The molecule has 3 rings (SSSR count). The molecule has 0 aliphatic carbocycles. The van der Waals surface area contributed by atoms with Gasteiger partial charge in [-0.1, -0.05) is 37.3 Å².